The highest BCUT2D eigenvalue weighted by Crippen LogP contribution is 2.23. The molecular weight excluding hydrogens is 368 g/mol. The Kier molecular flexibility index (Phi) is 5.11. The van der Waals surface area contributed by atoms with Gasteiger partial charge in [-0.25, -0.2) is 4.98 Å². The van der Waals surface area contributed by atoms with Gasteiger partial charge in [-0.15, -0.1) is 0 Å². The largest absolute Gasteiger partial charge is 0.461 e. The first kappa shape index (κ1) is 18.5. The molecule has 2 aromatic carbocycles. The number of fused-ring (bicyclic) bond motifs is 1. The summed E-state index contributed by atoms with van der Waals surface area (Å²) in [5.74, 6) is 0.895. The number of hydrogen-bond donors (Lipinski definition) is 3. The first-order chi connectivity index (χ1) is 14.1. The third-order valence-electron chi connectivity index (χ3n) is 4.43. The maximum atomic E-state index is 12.4. The Morgan fingerprint density at radius 3 is 2.69 bits per heavy atom. The molecule has 1 atom stereocenters. The summed E-state index contributed by atoms with van der Waals surface area (Å²) in [6.07, 6.45) is 1.75. The summed E-state index contributed by atoms with van der Waals surface area (Å²) < 4.78 is 5.35. The van der Waals surface area contributed by atoms with Gasteiger partial charge in [-0.1, -0.05) is 18.2 Å². The fraction of sp³-hybridized carbons (Fsp3) is 0.136. The van der Waals surface area contributed by atoms with E-state index in [9.17, 15) is 9.59 Å². The second kappa shape index (κ2) is 8.02. The lowest BCUT2D eigenvalue weighted by Gasteiger charge is -2.14. The van der Waals surface area contributed by atoms with E-state index < -0.39 is 0 Å². The first-order valence-corrected chi connectivity index (χ1v) is 9.28. The minimum atomic E-state index is -0.302. The fourth-order valence-electron chi connectivity index (χ4n) is 3.06. The number of benzene rings is 2. The van der Waals surface area contributed by atoms with Crippen molar-refractivity contribution in [1.29, 1.82) is 0 Å². The lowest BCUT2D eigenvalue weighted by molar-refractivity contribution is -0.116. The molecule has 2 amide bonds. The van der Waals surface area contributed by atoms with Crippen molar-refractivity contribution in [2.75, 3.05) is 5.32 Å². The monoisotopic (exact) mass is 388 g/mol. The van der Waals surface area contributed by atoms with Gasteiger partial charge in [0.15, 0.2) is 11.6 Å². The highest BCUT2D eigenvalue weighted by Gasteiger charge is 2.14. The molecule has 0 saturated heterocycles. The highest BCUT2D eigenvalue weighted by atomic mass is 16.3. The number of carbonyl (C=O) groups excluding carboxylic acids is 2. The Hall–Kier alpha value is -3.87. The molecule has 146 valence electrons. The topological polar surface area (TPSA) is 100 Å². The number of aromatic nitrogens is 2. The lowest BCUT2D eigenvalue weighted by Crippen LogP contribution is -2.35. The predicted octanol–water partition coefficient (Wildman–Crippen LogP) is 3.97. The summed E-state index contributed by atoms with van der Waals surface area (Å²) in [6, 6.07) is 17.7. The van der Waals surface area contributed by atoms with Crippen molar-refractivity contribution in [2.45, 2.75) is 19.4 Å². The summed E-state index contributed by atoms with van der Waals surface area (Å²) in [5, 5.41) is 5.70. The van der Waals surface area contributed by atoms with Crippen LogP contribution in [-0.4, -0.2) is 27.8 Å². The molecule has 2 aromatic heterocycles. The van der Waals surface area contributed by atoms with Crippen LogP contribution in [0.25, 0.3) is 22.6 Å². The SMILES string of the molecule is CC(CC(=O)Nc1ccc2nc(-c3ccco3)[nH]c2c1)NC(=O)c1ccccc1. The maximum Gasteiger partial charge on any atom is 0.251 e. The van der Waals surface area contributed by atoms with Gasteiger partial charge in [0.05, 0.1) is 17.3 Å². The van der Waals surface area contributed by atoms with Crippen LogP contribution in [-0.2, 0) is 4.79 Å². The van der Waals surface area contributed by atoms with Crippen LogP contribution in [0.3, 0.4) is 0 Å². The van der Waals surface area contributed by atoms with Crippen LogP contribution in [0.1, 0.15) is 23.7 Å². The summed E-state index contributed by atoms with van der Waals surface area (Å²) in [6.45, 7) is 1.80. The van der Waals surface area contributed by atoms with Gasteiger partial charge in [0.1, 0.15) is 0 Å². The minimum Gasteiger partial charge on any atom is -0.461 e. The first-order valence-electron chi connectivity index (χ1n) is 9.28. The molecule has 1 unspecified atom stereocenters. The molecule has 7 nitrogen and oxygen atoms in total. The minimum absolute atomic E-state index is 0.164. The van der Waals surface area contributed by atoms with Gasteiger partial charge in [-0.2, -0.15) is 0 Å². The molecule has 0 fully saturated rings. The van der Waals surface area contributed by atoms with E-state index in [4.69, 9.17) is 4.42 Å². The number of rotatable bonds is 6. The Balaban J connectivity index is 1.37. The van der Waals surface area contributed by atoms with Crippen molar-refractivity contribution in [2.24, 2.45) is 0 Å². The number of anilines is 1. The average molecular weight is 388 g/mol. The van der Waals surface area contributed by atoms with Gasteiger partial charge in [-0.3, -0.25) is 9.59 Å². The van der Waals surface area contributed by atoms with Crippen LogP contribution in [0, 0.1) is 0 Å². The number of hydrogen-bond acceptors (Lipinski definition) is 4. The number of nitrogens with one attached hydrogen (secondary N) is 3. The predicted molar refractivity (Wildman–Crippen MR) is 110 cm³/mol. The summed E-state index contributed by atoms with van der Waals surface area (Å²) in [4.78, 5) is 32.2. The molecule has 29 heavy (non-hydrogen) atoms. The molecule has 0 saturated carbocycles. The number of furan rings is 1. The van der Waals surface area contributed by atoms with Crippen LogP contribution < -0.4 is 10.6 Å². The van der Waals surface area contributed by atoms with E-state index in [0.717, 1.165) is 11.0 Å². The molecule has 4 rings (SSSR count). The number of nitrogens with zero attached hydrogens (tertiary/aromatic N) is 1. The van der Waals surface area contributed by atoms with E-state index >= 15 is 0 Å². The zero-order valence-electron chi connectivity index (χ0n) is 15.8. The van der Waals surface area contributed by atoms with E-state index in [1.54, 1.807) is 49.6 Å². The second-order valence-electron chi connectivity index (χ2n) is 6.79. The third-order valence-corrected chi connectivity index (χ3v) is 4.43. The molecule has 0 aliphatic heterocycles. The van der Waals surface area contributed by atoms with Crippen LogP contribution in [0.15, 0.2) is 71.3 Å². The molecule has 0 aliphatic carbocycles. The van der Waals surface area contributed by atoms with Crippen molar-refractivity contribution in [3.05, 3.63) is 72.5 Å². The molecule has 4 aromatic rings. The smallest absolute Gasteiger partial charge is 0.251 e. The Morgan fingerprint density at radius 1 is 1.10 bits per heavy atom. The van der Waals surface area contributed by atoms with E-state index in [2.05, 4.69) is 20.6 Å². The van der Waals surface area contributed by atoms with Gasteiger partial charge in [0.2, 0.25) is 5.91 Å². The number of amides is 2. The van der Waals surface area contributed by atoms with Crippen molar-refractivity contribution >= 4 is 28.5 Å². The highest BCUT2D eigenvalue weighted by molar-refractivity contribution is 5.96. The number of imidazole rings is 1. The zero-order valence-corrected chi connectivity index (χ0v) is 15.8. The van der Waals surface area contributed by atoms with Crippen molar-refractivity contribution < 1.29 is 14.0 Å². The van der Waals surface area contributed by atoms with E-state index in [-0.39, 0.29) is 24.3 Å². The van der Waals surface area contributed by atoms with Crippen LogP contribution in [0.2, 0.25) is 0 Å². The van der Waals surface area contributed by atoms with Crippen LogP contribution in [0.4, 0.5) is 5.69 Å². The van der Waals surface area contributed by atoms with Crippen molar-refractivity contribution in [1.82, 2.24) is 15.3 Å². The van der Waals surface area contributed by atoms with Gasteiger partial charge in [0, 0.05) is 23.7 Å². The third kappa shape index (κ3) is 4.35. The summed E-state index contributed by atoms with van der Waals surface area (Å²) >= 11 is 0. The average Bonchev–Trinajstić information content (AvgIpc) is 3.37. The number of H-pyrrole nitrogens is 1. The van der Waals surface area contributed by atoms with E-state index in [1.807, 2.05) is 24.3 Å². The summed E-state index contributed by atoms with van der Waals surface area (Å²) in [5.41, 5.74) is 2.79. The number of carbonyl (C=O) groups is 2. The van der Waals surface area contributed by atoms with Crippen LogP contribution in [0.5, 0.6) is 0 Å². The fourth-order valence-corrected chi connectivity index (χ4v) is 3.06. The molecule has 7 heteroatoms. The number of aromatic amines is 1. The molecule has 0 radical (unpaired) electrons. The van der Waals surface area contributed by atoms with Crippen LogP contribution >= 0.6 is 0 Å². The van der Waals surface area contributed by atoms with E-state index in [1.165, 1.54) is 0 Å². The Labute approximate surface area is 167 Å². The molecule has 3 N–H and O–H groups in total. The molecular formula is C22H20N4O3. The Morgan fingerprint density at radius 2 is 1.93 bits per heavy atom. The molecule has 2 heterocycles. The van der Waals surface area contributed by atoms with Gasteiger partial charge in [0.25, 0.3) is 5.91 Å². The second-order valence-corrected chi connectivity index (χ2v) is 6.79. The van der Waals surface area contributed by atoms with Gasteiger partial charge in [-0.05, 0) is 49.4 Å². The quantitative estimate of drug-likeness (QED) is 0.465. The molecule has 0 aliphatic rings. The Bertz CT molecular complexity index is 1130. The van der Waals surface area contributed by atoms with Crippen molar-refractivity contribution in [3.63, 3.8) is 0 Å². The zero-order chi connectivity index (χ0) is 20.2. The molecule has 0 bridgehead atoms. The van der Waals surface area contributed by atoms with Crippen molar-refractivity contribution in [3.8, 4) is 11.6 Å². The summed E-state index contributed by atoms with van der Waals surface area (Å²) in [7, 11) is 0. The van der Waals surface area contributed by atoms with Gasteiger partial charge >= 0.3 is 0 Å². The standard InChI is InChI=1S/C22H20N4O3/c1-14(23-22(28)15-6-3-2-4-7-15)12-20(27)24-16-9-10-17-18(13-16)26-21(25-17)19-8-5-11-29-19/h2-11,13-14H,12H2,1H3,(H,23,28)(H,24,27)(H,25,26). The van der Waals surface area contributed by atoms with Gasteiger partial charge < -0.3 is 20.0 Å². The molecule has 0 spiro atoms. The van der Waals surface area contributed by atoms with E-state index in [0.29, 0.717) is 22.8 Å². The lowest BCUT2D eigenvalue weighted by atomic mass is 10.1. The maximum absolute atomic E-state index is 12.4. The normalized spacial score (nSPS) is 11.9.